The van der Waals surface area contributed by atoms with Gasteiger partial charge in [0.15, 0.2) is 5.78 Å². The predicted octanol–water partition coefficient (Wildman–Crippen LogP) is 5.14. The number of methoxy groups -OCH3 is 1. The molecule has 2 nitrogen and oxygen atoms in total. The minimum absolute atomic E-state index is 0.00780. The van der Waals surface area contributed by atoms with Crippen molar-refractivity contribution in [2.24, 2.45) is 0 Å². The van der Waals surface area contributed by atoms with Gasteiger partial charge in [-0.05, 0) is 60.1 Å². The van der Waals surface area contributed by atoms with E-state index < -0.39 is 0 Å². The monoisotopic (exact) mass is 356 g/mol. The Morgan fingerprint density at radius 2 is 1.77 bits per heavy atom. The van der Waals surface area contributed by atoms with Gasteiger partial charge in [0, 0.05) is 4.47 Å². The highest BCUT2D eigenvalue weighted by molar-refractivity contribution is 9.10. The Labute approximate surface area is 139 Å². The Morgan fingerprint density at radius 3 is 2.41 bits per heavy atom. The Kier molecular flexibility index (Phi) is 5.73. The van der Waals surface area contributed by atoms with Crippen LogP contribution in [-0.2, 0) is 4.79 Å². The van der Waals surface area contributed by atoms with E-state index in [4.69, 9.17) is 4.74 Å². The van der Waals surface area contributed by atoms with Crippen LogP contribution >= 0.6 is 15.9 Å². The molecule has 0 aliphatic heterocycles. The lowest BCUT2D eigenvalue weighted by atomic mass is 10.1. The molecule has 0 spiro atoms. The number of carbonyl (C=O) groups is 1. The summed E-state index contributed by atoms with van der Waals surface area (Å²) in [6.45, 7) is 1.82. The second-order valence-electron chi connectivity index (χ2n) is 4.82. The second kappa shape index (κ2) is 7.76. The first-order valence-corrected chi connectivity index (χ1v) is 7.69. The zero-order valence-corrected chi connectivity index (χ0v) is 14.1. The zero-order chi connectivity index (χ0) is 15.9. The molecule has 0 unspecified atom stereocenters. The summed E-state index contributed by atoms with van der Waals surface area (Å²) in [4.78, 5) is 12.2. The van der Waals surface area contributed by atoms with Crippen molar-refractivity contribution < 1.29 is 9.53 Å². The summed E-state index contributed by atoms with van der Waals surface area (Å²) >= 11 is 3.46. The molecule has 22 heavy (non-hydrogen) atoms. The molecule has 0 amide bonds. The molecule has 2 aromatic carbocycles. The molecular weight excluding hydrogens is 340 g/mol. The van der Waals surface area contributed by atoms with Crippen molar-refractivity contribution in [1.82, 2.24) is 0 Å². The average Bonchev–Trinajstić information content (AvgIpc) is 2.54. The highest BCUT2D eigenvalue weighted by Crippen LogP contribution is 2.18. The first-order chi connectivity index (χ1) is 10.6. The van der Waals surface area contributed by atoms with Crippen LogP contribution in [0.1, 0.15) is 18.1 Å². The van der Waals surface area contributed by atoms with Crippen molar-refractivity contribution in [1.29, 1.82) is 0 Å². The summed E-state index contributed by atoms with van der Waals surface area (Å²) in [6, 6.07) is 15.4. The van der Waals surface area contributed by atoms with Gasteiger partial charge in [0.25, 0.3) is 0 Å². The van der Waals surface area contributed by atoms with Crippen LogP contribution in [0.25, 0.3) is 12.2 Å². The normalized spacial score (nSPS) is 11.7. The standard InChI is InChI=1S/C19H17BrO2/c1-14(13-15-7-10-17(22-2)11-8-15)19(21)12-9-16-5-3-4-6-18(16)20/h3-13H,1-2H3/b12-9+,14-13+. The molecule has 0 saturated carbocycles. The Morgan fingerprint density at radius 1 is 1.09 bits per heavy atom. The molecule has 0 bridgehead atoms. The summed E-state index contributed by atoms with van der Waals surface area (Å²) in [6.07, 6.45) is 5.28. The number of ketones is 1. The van der Waals surface area contributed by atoms with Crippen LogP contribution in [0.3, 0.4) is 0 Å². The summed E-state index contributed by atoms with van der Waals surface area (Å²) in [7, 11) is 1.63. The highest BCUT2D eigenvalue weighted by atomic mass is 79.9. The molecule has 0 radical (unpaired) electrons. The van der Waals surface area contributed by atoms with Gasteiger partial charge in [0.1, 0.15) is 5.75 Å². The SMILES string of the molecule is COc1ccc(/C=C(\C)C(=O)/C=C/c2ccccc2Br)cc1. The summed E-state index contributed by atoms with van der Waals surface area (Å²) in [5, 5.41) is 0. The predicted molar refractivity (Wildman–Crippen MR) is 94.8 cm³/mol. The van der Waals surface area contributed by atoms with E-state index in [0.29, 0.717) is 5.57 Å². The lowest BCUT2D eigenvalue weighted by molar-refractivity contribution is -0.111. The molecule has 0 aliphatic rings. The highest BCUT2D eigenvalue weighted by Gasteiger charge is 2.01. The zero-order valence-electron chi connectivity index (χ0n) is 12.5. The molecule has 0 saturated heterocycles. The number of rotatable bonds is 5. The molecule has 2 aromatic rings. The third kappa shape index (κ3) is 4.43. The van der Waals surface area contributed by atoms with Crippen molar-refractivity contribution in [3.63, 3.8) is 0 Å². The lowest BCUT2D eigenvalue weighted by Gasteiger charge is -2.01. The van der Waals surface area contributed by atoms with Gasteiger partial charge in [0.05, 0.1) is 7.11 Å². The first-order valence-electron chi connectivity index (χ1n) is 6.89. The third-order valence-corrected chi connectivity index (χ3v) is 3.93. The quantitative estimate of drug-likeness (QED) is 0.693. The fraction of sp³-hybridized carbons (Fsp3) is 0.105. The van der Waals surface area contributed by atoms with Gasteiger partial charge in [-0.15, -0.1) is 0 Å². The number of ether oxygens (including phenoxy) is 1. The van der Waals surface area contributed by atoms with Crippen LogP contribution in [0.4, 0.5) is 0 Å². The van der Waals surface area contributed by atoms with E-state index in [9.17, 15) is 4.79 Å². The van der Waals surface area contributed by atoms with Gasteiger partial charge in [-0.25, -0.2) is 0 Å². The molecule has 0 aromatic heterocycles. The second-order valence-corrected chi connectivity index (χ2v) is 5.67. The summed E-state index contributed by atoms with van der Waals surface area (Å²) in [5.41, 5.74) is 2.64. The third-order valence-electron chi connectivity index (χ3n) is 3.21. The smallest absolute Gasteiger partial charge is 0.181 e. The first kappa shape index (κ1) is 16.2. The topological polar surface area (TPSA) is 26.3 Å². The molecule has 112 valence electrons. The van der Waals surface area contributed by atoms with E-state index in [0.717, 1.165) is 21.3 Å². The molecule has 2 rings (SSSR count). The van der Waals surface area contributed by atoms with E-state index in [1.807, 2.05) is 67.6 Å². The van der Waals surface area contributed by atoms with Crippen molar-refractivity contribution >= 4 is 33.9 Å². The van der Waals surface area contributed by atoms with Crippen LogP contribution in [0, 0.1) is 0 Å². The molecule has 0 atom stereocenters. The summed E-state index contributed by atoms with van der Waals surface area (Å²) in [5.74, 6) is 0.793. The maximum atomic E-state index is 12.2. The number of benzene rings is 2. The fourth-order valence-corrected chi connectivity index (χ4v) is 2.35. The number of hydrogen-bond donors (Lipinski definition) is 0. The number of hydrogen-bond acceptors (Lipinski definition) is 2. The maximum Gasteiger partial charge on any atom is 0.181 e. The van der Waals surface area contributed by atoms with Crippen LogP contribution in [0.15, 0.2) is 64.7 Å². The van der Waals surface area contributed by atoms with Gasteiger partial charge >= 0.3 is 0 Å². The molecule has 0 aliphatic carbocycles. The van der Waals surface area contributed by atoms with Gasteiger partial charge < -0.3 is 4.74 Å². The van der Waals surface area contributed by atoms with Gasteiger partial charge in [-0.1, -0.05) is 46.3 Å². The van der Waals surface area contributed by atoms with Crippen molar-refractivity contribution in [3.8, 4) is 5.75 Å². The average molecular weight is 357 g/mol. The van der Waals surface area contributed by atoms with Crippen LogP contribution in [0.2, 0.25) is 0 Å². The van der Waals surface area contributed by atoms with E-state index >= 15 is 0 Å². The van der Waals surface area contributed by atoms with Crippen LogP contribution < -0.4 is 4.74 Å². The van der Waals surface area contributed by atoms with Crippen molar-refractivity contribution in [2.45, 2.75) is 6.92 Å². The van der Waals surface area contributed by atoms with E-state index in [-0.39, 0.29) is 5.78 Å². The molecular formula is C19H17BrO2. The van der Waals surface area contributed by atoms with Crippen LogP contribution in [0.5, 0.6) is 5.75 Å². The molecule has 0 fully saturated rings. The van der Waals surface area contributed by atoms with Crippen molar-refractivity contribution in [2.75, 3.05) is 7.11 Å². The fourth-order valence-electron chi connectivity index (χ4n) is 1.93. The minimum atomic E-state index is -0.00780. The molecule has 0 N–H and O–H groups in total. The number of carbonyl (C=O) groups excluding carboxylic acids is 1. The van der Waals surface area contributed by atoms with Gasteiger partial charge in [0.2, 0.25) is 0 Å². The summed E-state index contributed by atoms with van der Waals surface area (Å²) < 4.78 is 6.09. The largest absolute Gasteiger partial charge is 0.497 e. The number of allylic oxidation sites excluding steroid dienone is 2. The lowest BCUT2D eigenvalue weighted by Crippen LogP contribution is -1.94. The maximum absolute atomic E-state index is 12.2. The van der Waals surface area contributed by atoms with Gasteiger partial charge in [-0.3, -0.25) is 4.79 Å². The minimum Gasteiger partial charge on any atom is -0.497 e. The molecule has 0 heterocycles. The Hall–Kier alpha value is -2.13. The Balaban J connectivity index is 2.11. The Bertz CT molecular complexity index is 712. The van der Waals surface area contributed by atoms with Gasteiger partial charge in [-0.2, -0.15) is 0 Å². The number of halogens is 1. The van der Waals surface area contributed by atoms with E-state index in [1.54, 1.807) is 13.2 Å². The molecule has 3 heteroatoms. The van der Waals surface area contributed by atoms with E-state index in [1.165, 1.54) is 0 Å². The van der Waals surface area contributed by atoms with Crippen molar-refractivity contribution in [3.05, 3.63) is 75.8 Å². The van der Waals surface area contributed by atoms with E-state index in [2.05, 4.69) is 15.9 Å². The van der Waals surface area contributed by atoms with Crippen LogP contribution in [-0.4, -0.2) is 12.9 Å².